The number of nitrogens with zero attached hydrogens (tertiary/aromatic N) is 1. The number of unbranched alkanes of at least 4 members (excludes halogenated alkanes) is 3. The van der Waals surface area contributed by atoms with Gasteiger partial charge in [-0.2, -0.15) is 5.26 Å². The van der Waals surface area contributed by atoms with E-state index >= 15 is 0 Å². The Balaban J connectivity index is 1.98. The van der Waals surface area contributed by atoms with E-state index in [-0.39, 0.29) is 0 Å². The summed E-state index contributed by atoms with van der Waals surface area (Å²) in [6.45, 7) is 28.6. The van der Waals surface area contributed by atoms with Gasteiger partial charge in [0.1, 0.15) is 0 Å². The Morgan fingerprint density at radius 3 is 1.36 bits per heavy atom. The first-order chi connectivity index (χ1) is 20.1. The summed E-state index contributed by atoms with van der Waals surface area (Å²) in [5.41, 5.74) is 4.19. The Morgan fingerprint density at radius 2 is 0.932 bits per heavy atom. The topological polar surface area (TPSA) is 69.9 Å². The number of hydrogen-bond acceptors (Lipinski definition) is 6. The second kappa shape index (κ2) is 15.7. The summed E-state index contributed by atoms with van der Waals surface area (Å²) in [5.74, 6) is 0. The molecule has 0 fully saturated rings. The van der Waals surface area contributed by atoms with E-state index in [0.717, 1.165) is 17.2 Å². The van der Waals surface area contributed by atoms with E-state index < -0.39 is 50.9 Å². The van der Waals surface area contributed by atoms with Crippen molar-refractivity contribution in [1.82, 2.24) is 0 Å². The fourth-order valence-electron chi connectivity index (χ4n) is 6.30. The average molecular weight is 706 g/mol. The van der Waals surface area contributed by atoms with Crippen LogP contribution in [0.5, 0.6) is 0 Å². The van der Waals surface area contributed by atoms with Crippen molar-refractivity contribution in [2.45, 2.75) is 123 Å². The Hall–Kier alpha value is -0.969. The summed E-state index contributed by atoms with van der Waals surface area (Å²) in [7, 11) is -13.8. The lowest BCUT2D eigenvalue weighted by molar-refractivity contribution is 0.281. The molecule has 0 heterocycles. The van der Waals surface area contributed by atoms with Gasteiger partial charge >= 0.3 is 34.2 Å². The molecule has 2 aromatic carbocycles. The smallest absolute Gasteiger partial charge is 0.314 e. The summed E-state index contributed by atoms with van der Waals surface area (Å²) in [5, 5.41) is 9.07. The molecule has 2 rings (SSSR count). The highest BCUT2D eigenvalue weighted by Crippen LogP contribution is 2.30. The van der Waals surface area contributed by atoms with Gasteiger partial charge in [0.25, 0.3) is 0 Å². The molecule has 0 bridgehead atoms. The molecular formula is C32H59NO5Si6. The van der Waals surface area contributed by atoms with Gasteiger partial charge in [-0.25, -0.2) is 0 Å². The molecule has 0 radical (unpaired) electrons. The largest absolute Gasteiger partial charge is 0.436 e. The Kier molecular flexibility index (Phi) is 14.0. The van der Waals surface area contributed by atoms with Crippen molar-refractivity contribution in [3.05, 3.63) is 59.7 Å². The summed E-state index contributed by atoms with van der Waals surface area (Å²) >= 11 is 0. The van der Waals surface area contributed by atoms with Gasteiger partial charge in [0, 0.05) is 0 Å². The monoisotopic (exact) mass is 705 g/mol. The lowest BCUT2D eigenvalue weighted by Gasteiger charge is -2.43. The average Bonchev–Trinajstić information content (AvgIpc) is 2.83. The van der Waals surface area contributed by atoms with Crippen molar-refractivity contribution in [3.8, 4) is 17.2 Å². The van der Waals surface area contributed by atoms with Crippen LogP contribution in [-0.2, 0) is 26.6 Å². The molecule has 12 heteroatoms. The minimum absolute atomic E-state index is 0.674. The van der Waals surface area contributed by atoms with Crippen LogP contribution in [0.25, 0.3) is 11.1 Å². The molecule has 2 aromatic rings. The predicted octanol–water partition coefficient (Wildman–Crippen LogP) is 10.2. The van der Waals surface area contributed by atoms with Crippen molar-refractivity contribution >= 4 is 50.9 Å². The fourth-order valence-corrected chi connectivity index (χ4v) is 36.3. The third-order valence-corrected chi connectivity index (χ3v) is 30.1. The van der Waals surface area contributed by atoms with Crippen LogP contribution in [0.3, 0.4) is 0 Å². The van der Waals surface area contributed by atoms with Crippen LogP contribution in [0.15, 0.2) is 48.5 Å². The van der Waals surface area contributed by atoms with Crippen molar-refractivity contribution < 1.29 is 20.6 Å². The molecule has 0 aromatic heterocycles. The van der Waals surface area contributed by atoms with Gasteiger partial charge in [-0.05, 0) is 119 Å². The van der Waals surface area contributed by atoms with Crippen molar-refractivity contribution in [3.63, 3.8) is 0 Å². The van der Waals surface area contributed by atoms with E-state index in [1.165, 1.54) is 37.3 Å². The van der Waals surface area contributed by atoms with Gasteiger partial charge in [-0.15, -0.1) is 0 Å². The highest BCUT2D eigenvalue weighted by atomic mass is 28.5. The van der Waals surface area contributed by atoms with E-state index in [9.17, 15) is 0 Å². The van der Waals surface area contributed by atoms with E-state index in [1.807, 2.05) is 24.3 Å². The first-order valence-electron chi connectivity index (χ1n) is 16.2. The molecule has 0 aliphatic heterocycles. The number of benzene rings is 2. The first kappa shape index (κ1) is 39.2. The summed E-state index contributed by atoms with van der Waals surface area (Å²) in [4.78, 5) is 0. The summed E-state index contributed by atoms with van der Waals surface area (Å²) in [6.07, 6.45) is 5.08. The van der Waals surface area contributed by atoms with E-state index in [4.69, 9.17) is 25.8 Å². The van der Waals surface area contributed by atoms with E-state index in [2.05, 4.69) is 116 Å². The molecule has 0 atom stereocenters. The highest BCUT2D eigenvalue weighted by Gasteiger charge is 2.47. The molecule has 0 unspecified atom stereocenters. The molecule has 0 saturated carbocycles. The zero-order valence-corrected chi connectivity index (χ0v) is 35.8. The maximum atomic E-state index is 9.07. The van der Waals surface area contributed by atoms with Crippen molar-refractivity contribution in [2.24, 2.45) is 0 Å². The molecule has 0 spiro atoms. The Morgan fingerprint density at radius 1 is 0.523 bits per heavy atom. The van der Waals surface area contributed by atoms with Gasteiger partial charge in [0.05, 0.1) is 11.6 Å². The molecule has 246 valence electrons. The van der Waals surface area contributed by atoms with Crippen LogP contribution in [0.1, 0.15) is 43.7 Å². The quantitative estimate of drug-likeness (QED) is 0.114. The van der Waals surface area contributed by atoms with Crippen LogP contribution in [0, 0.1) is 11.3 Å². The summed E-state index contributed by atoms with van der Waals surface area (Å²) in [6, 6.07) is 20.7. The second-order valence-electron chi connectivity index (χ2n) is 15.0. The standard InChI is InChI=1S/C32H59NO5Si6/c1-14-15-16-17-26-39(2,3)34-41(6,7)36-43(10,11)38-44(12,13)37-42(8,9)35-40(4,5)28-30-20-24-32(25-21-30)31-22-18-29(27-33)19-23-31/h18-25H,14-17,26,28H2,1-13H3. The minimum atomic E-state index is -2.55. The molecule has 44 heavy (non-hydrogen) atoms. The maximum Gasteiger partial charge on any atom is 0.314 e. The normalized spacial score (nSPS) is 13.6. The molecular weight excluding hydrogens is 647 g/mol. The number of nitriles is 1. The zero-order chi connectivity index (χ0) is 33.5. The van der Waals surface area contributed by atoms with Gasteiger partial charge in [-0.3, -0.25) is 0 Å². The molecule has 0 saturated heterocycles. The minimum Gasteiger partial charge on any atom is -0.436 e. The first-order valence-corrected chi connectivity index (χ1v) is 33.7. The van der Waals surface area contributed by atoms with Gasteiger partial charge in [-0.1, -0.05) is 69.0 Å². The predicted molar refractivity (Wildman–Crippen MR) is 200 cm³/mol. The Labute approximate surface area is 275 Å². The van der Waals surface area contributed by atoms with E-state index in [0.29, 0.717) is 5.56 Å². The third kappa shape index (κ3) is 14.6. The van der Waals surface area contributed by atoms with Crippen LogP contribution >= 0.6 is 0 Å². The number of hydrogen-bond donors (Lipinski definition) is 0. The SMILES string of the molecule is CCCCCC[Si](C)(C)O[Si](C)(C)O[Si](C)(C)O[Si](C)(C)O[Si](C)(C)O[Si](C)(C)Cc1ccc(-c2ccc(C#N)cc2)cc1. The maximum absolute atomic E-state index is 9.07. The molecule has 0 amide bonds. The zero-order valence-electron chi connectivity index (χ0n) is 29.8. The summed E-state index contributed by atoms with van der Waals surface area (Å²) < 4.78 is 34.0. The number of rotatable bonds is 18. The van der Waals surface area contributed by atoms with Crippen LogP contribution < -0.4 is 0 Å². The lowest BCUT2D eigenvalue weighted by atomic mass is 10.0. The van der Waals surface area contributed by atoms with E-state index in [1.54, 1.807) is 0 Å². The third-order valence-electron chi connectivity index (χ3n) is 7.08. The lowest BCUT2D eigenvalue weighted by Crippen LogP contribution is -2.60. The molecule has 0 N–H and O–H groups in total. The molecule has 0 aliphatic carbocycles. The van der Waals surface area contributed by atoms with Crippen LogP contribution in [0.2, 0.25) is 84.6 Å². The van der Waals surface area contributed by atoms with Gasteiger partial charge in [0.15, 0.2) is 16.6 Å². The van der Waals surface area contributed by atoms with Crippen molar-refractivity contribution in [1.29, 1.82) is 5.26 Å². The highest BCUT2D eigenvalue weighted by molar-refractivity contribution is 6.91. The van der Waals surface area contributed by atoms with Gasteiger partial charge < -0.3 is 20.6 Å². The molecule has 0 aliphatic rings. The van der Waals surface area contributed by atoms with Crippen LogP contribution in [-0.4, -0.2) is 50.9 Å². The van der Waals surface area contributed by atoms with Gasteiger partial charge in [0.2, 0.25) is 0 Å². The fraction of sp³-hybridized carbons (Fsp3) is 0.594. The van der Waals surface area contributed by atoms with Crippen LogP contribution in [0.4, 0.5) is 0 Å². The Bertz CT molecular complexity index is 1230. The van der Waals surface area contributed by atoms with Crippen molar-refractivity contribution in [2.75, 3.05) is 0 Å². The molecule has 6 nitrogen and oxygen atoms in total. The second-order valence-corrected chi connectivity index (χ2v) is 38.2.